The van der Waals surface area contributed by atoms with Crippen LogP contribution >= 0.6 is 0 Å². The molecule has 0 spiro atoms. The van der Waals surface area contributed by atoms with E-state index in [1.807, 2.05) is 182 Å². The normalized spacial score (nSPS) is 11.1. The molecule has 0 saturated carbocycles. The maximum Gasteiger partial charge on any atom is 0.119 e. The summed E-state index contributed by atoms with van der Waals surface area (Å²) in [5.74, 6) is 4.92. The highest BCUT2D eigenvalue weighted by Crippen LogP contribution is 2.41. The zero-order valence-electron chi connectivity index (χ0n) is 70.0. The zero-order chi connectivity index (χ0) is 85.4. The van der Waals surface area contributed by atoms with Gasteiger partial charge in [-0.05, 0) is 324 Å². The van der Waals surface area contributed by atoms with Gasteiger partial charge in [-0.1, -0.05) is 146 Å². The molecule has 620 valence electrons. The number of pyridine rings is 9. The molecule has 0 unspecified atom stereocenters. The van der Waals surface area contributed by atoms with Gasteiger partial charge in [0, 0.05) is 54.2 Å². The second kappa shape index (κ2) is 40.7. The Bertz CT molecular complexity index is 5730. The van der Waals surface area contributed by atoms with Gasteiger partial charge in [0.25, 0.3) is 0 Å². The summed E-state index contributed by atoms with van der Waals surface area (Å²) in [7, 11) is 0. The molecule has 0 amide bonds. The van der Waals surface area contributed by atoms with E-state index in [-0.39, 0.29) is 0 Å². The first-order valence-corrected chi connectivity index (χ1v) is 42.9. The van der Waals surface area contributed by atoms with E-state index < -0.39 is 0 Å². The van der Waals surface area contributed by atoms with Crippen molar-refractivity contribution < 1.29 is 28.4 Å². The molecule has 9 heterocycles. The van der Waals surface area contributed by atoms with Crippen molar-refractivity contribution in [1.29, 1.82) is 0 Å². The molecule has 0 N–H and O–H groups in total. The molecule has 0 fully saturated rings. The summed E-state index contributed by atoms with van der Waals surface area (Å²) in [4.78, 5) is 44.5. The van der Waals surface area contributed by atoms with Gasteiger partial charge in [0.05, 0.1) is 108 Å². The van der Waals surface area contributed by atoms with Crippen molar-refractivity contribution in [1.82, 2.24) is 44.9 Å². The monoisotopic (exact) mass is 1660 g/mol. The summed E-state index contributed by atoms with van der Waals surface area (Å²) in [6, 6.07) is 124. The minimum Gasteiger partial charge on any atom is -0.494 e. The highest BCUT2D eigenvalue weighted by atomic mass is 16.5. The summed E-state index contributed by atoms with van der Waals surface area (Å²) >= 11 is 0. The van der Waals surface area contributed by atoms with Crippen LogP contribution in [0.4, 0.5) is 17.1 Å². The first-order chi connectivity index (χ1) is 62.9. The van der Waals surface area contributed by atoms with Crippen molar-refractivity contribution in [3.63, 3.8) is 0 Å². The Morgan fingerprint density at radius 2 is 0.315 bits per heavy atom. The van der Waals surface area contributed by atoms with Crippen LogP contribution in [0.25, 0.3) is 135 Å². The summed E-state index contributed by atoms with van der Waals surface area (Å²) in [5.41, 5.74) is 25.4. The molecule has 0 bridgehead atoms. The molecule has 18 rings (SSSR count). The van der Waals surface area contributed by atoms with Crippen LogP contribution in [-0.4, -0.2) is 84.5 Å². The summed E-state index contributed by atoms with van der Waals surface area (Å²) in [5, 5.41) is 0. The zero-order valence-corrected chi connectivity index (χ0v) is 70.0. The van der Waals surface area contributed by atoms with Gasteiger partial charge in [-0.15, -0.1) is 0 Å². The molecule has 9 aromatic carbocycles. The lowest BCUT2D eigenvalue weighted by Crippen LogP contribution is -2.09. The topological polar surface area (TPSA) is 175 Å². The van der Waals surface area contributed by atoms with Crippen LogP contribution in [0.2, 0.25) is 0 Å². The molecule has 16 nitrogen and oxygen atoms in total. The molecular formula is C111H90N10O6. The Labute approximate surface area is 739 Å². The minimum atomic E-state index is 0.575. The van der Waals surface area contributed by atoms with Crippen LogP contribution in [0.15, 0.2) is 401 Å². The van der Waals surface area contributed by atoms with E-state index in [1.165, 1.54) is 0 Å². The quantitative estimate of drug-likeness (QED) is 0.0339. The number of rotatable bonds is 36. The Balaban J connectivity index is 0.482. The van der Waals surface area contributed by atoms with Crippen LogP contribution in [-0.2, 0) is 0 Å². The molecule has 18 aromatic rings. The molecule has 9 aromatic heterocycles. The smallest absolute Gasteiger partial charge is 0.119 e. The number of unbranched alkanes of at least 4 members (excludes halogenated alkanes) is 3. The average molecular weight is 1660 g/mol. The highest BCUT2D eigenvalue weighted by Gasteiger charge is 2.19. The maximum absolute atomic E-state index is 6.26. The van der Waals surface area contributed by atoms with E-state index in [0.29, 0.717) is 39.6 Å². The van der Waals surface area contributed by atoms with E-state index in [9.17, 15) is 0 Å². The van der Waals surface area contributed by atoms with Crippen molar-refractivity contribution >= 4 is 17.1 Å². The molecule has 0 atom stereocenters. The Hall–Kier alpha value is -16.1. The van der Waals surface area contributed by atoms with Crippen LogP contribution in [0.5, 0.6) is 34.5 Å². The lowest BCUT2D eigenvalue weighted by Gasteiger charge is -2.26. The number of aromatic nitrogens is 9. The standard InChI is InChI=1S/C111H90N10O6/c1-7-61-112-100(19-1)106-73-88(74-107(118-106)101-20-2-8-62-113-101)85-37-55-97(56-38-85)125-70-16-13-67-122-94-49-31-82(32-50-94)79-25-43-91(44-26-79)121(92-45-27-80(28-46-92)83-33-51-95(52-34-83)123-68-14-17-71-126-98-57-39-86(40-58-98)89-75-108(102-21-3-9-63-114-102)119-109(76-89)103-22-4-10-64-115-103)93-47-29-81(30-48-93)84-35-53-96(54-36-84)124-69-15-18-72-127-99-59-41-87(42-60-99)90-77-110(104-23-5-11-65-116-104)120-111(78-90)105-24-6-12-66-117-105/h1-12,19-66,73-78H,13-18,67-72H2. The Kier molecular flexibility index (Phi) is 26.3. The van der Waals surface area contributed by atoms with Gasteiger partial charge in [0.1, 0.15) is 34.5 Å². The fraction of sp³-hybridized carbons (Fsp3) is 0.108. The largest absolute Gasteiger partial charge is 0.494 e. The maximum atomic E-state index is 6.26. The van der Waals surface area contributed by atoms with Crippen LogP contribution < -0.4 is 33.3 Å². The van der Waals surface area contributed by atoms with Crippen LogP contribution in [0.3, 0.4) is 0 Å². The number of nitrogens with zero attached hydrogens (tertiary/aromatic N) is 10. The van der Waals surface area contributed by atoms with Crippen molar-refractivity contribution in [3.8, 4) is 170 Å². The average Bonchev–Trinajstić information content (AvgIpc) is 0.806. The molecule has 0 saturated heterocycles. The van der Waals surface area contributed by atoms with E-state index in [2.05, 4.69) is 217 Å². The first-order valence-electron chi connectivity index (χ1n) is 42.9. The van der Waals surface area contributed by atoms with Gasteiger partial charge in [-0.2, -0.15) is 0 Å². The SMILES string of the molecule is c1ccc(-c2cc(-c3ccc(OCCCCOc4ccc(-c5ccc(N(c6ccc(-c7ccc(OCCCCOc8ccc(-c9cc(-c%10ccccn%10)nc(-c%10ccccn%10)c9)cc8)cc7)cc6)c6ccc(-c7ccc(OCCCCOc8ccc(-c9cc(-c%10ccccn%10)nc(-c%10ccccn%10)c9)cc8)cc7)cc6)cc5)cc4)cc3)cc(-c3ccccn3)n2)nc1. The second-order valence-corrected chi connectivity index (χ2v) is 30.5. The Morgan fingerprint density at radius 3 is 0.472 bits per heavy atom. The molecule has 0 aliphatic rings. The number of anilines is 3. The lowest BCUT2D eigenvalue weighted by atomic mass is 10.0. The van der Waals surface area contributed by atoms with Crippen molar-refractivity contribution in [2.45, 2.75) is 38.5 Å². The van der Waals surface area contributed by atoms with Crippen molar-refractivity contribution in [2.24, 2.45) is 0 Å². The van der Waals surface area contributed by atoms with Crippen LogP contribution in [0, 0.1) is 0 Å². The fourth-order valence-corrected chi connectivity index (χ4v) is 15.0. The number of hydrogen-bond acceptors (Lipinski definition) is 16. The minimum absolute atomic E-state index is 0.575. The van der Waals surface area contributed by atoms with E-state index in [4.69, 9.17) is 43.4 Å². The number of hydrogen-bond donors (Lipinski definition) is 0. The van der Waals surface area contributed by atoms with Gasteiger partial charge >= 0.3 is 0 Å². The molecule has 0 radical (unpaired) electrons. The van der Waals surface area contributed by atoms with E-state index in [0.717, 1.165) is 225 Å². The van der Waals surface area contributed by atoms with Gasteiger partial charge in [0.2, 0.25) is 0 Å². The van der Waals surface area contributed by atoms with Gasteiger partial charge in [-0.3, -0.25) is 29.9 Å². The van der Waals surface area contributed by atoms with Crippen LogP contribution in [0.1, 0.15) is 38.5 Å². The molecule has 127 heavy (non-hydrogen) atoms. The third-order valence-corrected chi connectivity index (χ3v) is 21.8. The summed E-state index contributed by atoms with van der Waals surface area (Å²) in [6.07, 6.45) is 15.8. The predicted octanol–water partition coefficient (Wildman–Crippen LogP) is 26.4. The lowest BCUT2D eigenvalue weighted by molar-refractivity contribution is 0.266. The number of ether oxygens (including phenoxy) is 6. The van der Waals surface area contributed by atoms with E-state index >= 15 is 0 Å². The van der Waals surface area contributed by atoms with Crippen molar-refractivity contribution in [2.75, 3.05) is 44.5 Å². The third-order valence-electron chi connectivity index (χ3n) is 21.8. The first kappa shape index (κ1) is 81.9. The fourth-order valence-electron chi connectivity index (χ4n) is 15.0. The second-order valence-electron chi connectivity index (χ2n) is 30.5. The number of benzene rings is 9. The predicted molar refractivity (Wildman–Crippen MR) is 507 cm³/mol. The van der Waals surface area contributed by atoms with Gasteiger partial charge in [-0.25, -0.2) is 15.0 Å². The third kappa shape index (κ3) is 21.3. The summed E-state index contributed by atoms with van der Waals surface area (Å²) < 4.78 is 37.4. The Morgan fingerprint density at radius 1 is 0.157 bits per heavy atom. The molecular weight excluding hydrogens is 1570 g/mol. The van der Waals surface area contributed by atoms with Gasteiger partial charge < -0.3 is 33.3 Å². The van der Waals surface area contributed by atoms with Gasteiger partial charge in [0.15, 0.2) is 0 Å². The molecule has 0 aliphatic heterocycles. The highest BCUT2D eigenvalue weighted by molar-refractivity contribution is 5.83. The van der Waals surface area contributed by atoms with E-state index in [1.54, 1.807) is 37.2 Å². The summed E-state index contributed by atoms with van der Waals surface area (Å²) in [6.45, 7) is 3.46. The van der Waals surface area contributed by atoms with Crippen molar-refractivity contribution in [3.05, 3.63) is 401 Å². The molecule has 16 heteroatoms. The molecule has 0 aliphatic carbocycles.